The van der Waals surface area contributed by atoms with Gasteiger partial charge in [0.25, 0.3) is 5.56 Å². The first-order valence-electron chi connectivity index (χ1n) is 8.30. The average Bonchev–Trinajstić information content (AvgIpc) is 3.26. The maximum absolute atomic E-state index is 12.3. The second-order valence-corrected chi connectivity index (χ2v) is 7.29. The first-order chi connectivity index (χ1) is 13.0. The Morgan fingerprint density at radius 2 is 2.00 bits per heavy atom. The van der Waals surface area contributed by atoms with Crippen LogP contribution in [0.25, 0.3) is 21.5 Å². The molecule has 4 rings (SSSR count). The van der Waals surface area contributed by atoms with Gasteiger partial charge in [-0.2, -0.15) is 5.10 Å². The smallest absolute Gasteiger partial charge is 0.356 e. The minimum absolute atomic E-state index is 0.125. The molecule has 2 N–H and O–H groups in total. The van der Waals surface area contributed by atoms with Gasteiger partial charge in [0.1, 0.15) is 23.0 Å². The van der Waals surface area contributed by atoms with Crippen molar-refractivity contribution in [2.75, 3.05) is 0 Å². The summed E-state index contributed by atoms with van der Waals surface area (Å²) >= 11 is 1.45. The Kier molecular flexibility index (Phi) is 4.33. The third kappa shape index (κ3) is 3.26. The van der Waals surface area contributed by atoms with E-state index in [0.29, 0.717) is 21.7 Å². The highest BCUT2D eigenvalue weighted by Crippen LogP contribution is 2.25. The van der Waals surface area contributed by atoms with Crippen LogP contribution in [0.5, 0.6) is 0 Å². The number of hydrogen-bond donors (Lipinski definition) is 2. The maximum atomic E-state index is 12.3. The zero-order chi connectivity index (χ0) is 19.0. The number of H-pyrrole nitrogens is 2. The first-order valence-corrected chi connectivity index (χ1v) is 9.11. The zero-order valence-electron chi connectivity index (χ0n) is 14.7. The lowest BCUT2D eigenvalue weighted by molar-refractivity contribution is 0.0455. The minimum Gasteiger partial charge on any atom is -0.453 e. The number of hydrogen-bond acceptors (Lipinski definition) is 6. The number of fused-ring (bicyclic) bond motifs is 1. The lowest BCUT2D eigenvalue weighted by Crippen LogP contribution is -2.14. The summed E-state index contributed by atoms with van der Waals surface area (Å²) in [4.78, 5) is 33.3. The number of aryl methyl sites for hydroxylation is 2. The largest absolute Gasteiger partial charge is 0.453 e. The number of esters is 1. The fourth-order valence-corrected chi connectivity index (χ4v) is 3.81. The highest BCUT2D eigenvalue weighted by molar-refractivity contribution is 7.18. The van der Waals surface area contributed by atoms with Gasteiger partial charge in [0, 0.05) is 10.4 Å². The molecule has 0 bridgehead atoms. The standard InChI is InChI=1S/C19H16N4O3S/c1-10-11(2)27-18-16(10)17(24)20-15(21-18)9-26-19(25)14-8-13(22-23-14)12-6-4-3-5-7-12/h3-8H,9H2,1-2H3,(H,22,23)(H,20,21,24). The highest BCUT2D eigenvalue weighted by Gasteiger charge is 2.15. The summed E-state index contributed by atoms with van der Waals surface area (Å²) in [7, 11) is 0. The lowest BCUT2D eigenvalue weighted by Gasteiger charge is -2.03. The van der Waals surface area contributed by atoms with Gasteiger partial charge in [0.15, 0.2) is 0 Å². The summed E-state index contributed by atoms with van der Waals surface area (Å²) in [5.41, 5.74) is 2.49. The average molecular weight is 380 g/mol. The van der Waals surface area contributed by atoms with Crippen LogP contribution >= 0.6 is 11.3 Å². The minimum atomic E-state index is -0.564. The molecule has 0 atom stereocenters. The van der Waals surface area contributed by atoms with Crippen LogP contribution in [0, 0.1) is 13.8 Å². The molecule has 0 amide bonds. The van der Waals surface area contributed by atoms with E-state index < -0.39 is 5.97 Å². The molecule has 27 heavy (non-hydrogen) atoms. The predicted octanol–water partition coefficient (Wildman–Crippen LogP) is 3.35. The van der Waals surface area contributed by atoms with Crippen molar-refractivity contribution >= 4 is 27.5 Å². The molecule has 0 spiro atoms. The van der Waals surface area contributed by atoms with E-state index >= 15 is 0 Å². The number of aromatic amines is 2. The molecule has 0 aliphatic carbocycles. The molecule has 0 saturated carbocycles. The molecule has 3 heterocycles. The van der Waals surface area contributed by atoms with E-state index in [1.54, 1.807) is 6.07 Å². The number of thiophene rings is 1. The monoisotopic (exact) mass is 380 g/mol. The van der Waals surface area contributed by atoms with Gasteiger partial charge in [-0.05, 0) is 25.5 Å². The zero-order valence-corrected chi connectivity index (χ0v) is 15.5. The Morgan fingerprint density at radius 1 is 1.22 bits per heavy atom. The summed E-state index contributed by atoms with van der Waals surface area (Å²) in [6, 6.07) is 11.1. The number of ether oxygens (including phenoxy) is 1. The lowest BCUT2D eigenvalue weighted by atomic mass is 10.1. The number of benzene rings is 1. The molecule has 4 aromatic rings. The van der Waals surface area contributed by atoms with Gasteiger partial charge in [-0.25, -0.2) is 9.78 Å². The quantitative estimate of drug-likeness (QED) is 0.529. The number of aromatic nitrogens is 4. The molecule has 0 unspecified atom stereocenters. The van der Waals surface area contributed by atoms with Crippen LogP contribution in [0.1, 0.15) is 26.8 Å². The van der Waals surface area contributed by atoms with Crippen molar-refractivity contribution < 1.29 is 9.53 Å². The third-order valence-electron chi connectivity index (χ3n) is 4.30. The van der Waals surface area contributed by atoms with Gasteiger partial charge < -0.3 is 9.72 Å². The molecular weight excluding hydrogens is 364 g/mol. The van der Waals surface area contributed by atoms with Crippen LogP contribution in [-0.2, 0) is 11.3 Å². The van der Waals surface area contributed by atoms with Crippen LogP contribution in [0.2, 0.25) is 0 Å². The van der Waals surface area contributed by atoms with Crippen molar-refractivity contribution in [1.29, 1.82) is 0 Å². The van der Waals surface area contributed by atoms with Crippen molar-refractivity contribution in [2.45, 2.75) is 20.5 Å². The summed E-state index contributed by atoms with van der Waals surface area (Å²) in [6.45, 7) is 3.72. The number of nitrogens with one attached hydrogen (secondary N) is 2. The Labute approximate surface area is 158 Å². The second kappa shape index (κ2) is 6.81. The highest BCUT2D eigenvalue weighted by atomic mass is 32.1. The van der Waals surface area contributed by atoms with Gasteiger partial charge in [0.05, 0.1) is 11.1 Å². The summed E-state index contributed by atoms with van der Waals surface area (Å²) in [5.74, 6) is -0.254. The van der Waals surface area contributed by atoms with Gasteiger partial charge >= 0.3 is 5.97 Å². The van der Waals surface area contributed by atoms with E-state index in [1.165, 1.54) is 11.3 Å². The van der Waals surface area contributed by atoms with Crippen LogP contribution in [0.4, 0.5) is 0 Å². The van der Waals surface area contributed by atoms with E-state index in [2.05, 4.69) is 20.2 Å². The van der Waals surface area contributed by atoms with Crippen molar-refractivity contribution in [1.82, 2.24) is 20.2 Å². The number of carbonyl (C=O) groups excluding carboxylic acids is 1. The molecule has 0 fully saturated rings. The molecule has 3 aromatic heterocycles. The Bertz CT molecular complexity index is 1190. The molecule has 136 valence electrons. The van der Waals surface area contributed by atoms with Gasteiger partial charge in [-0.1, -0.05) is 30.3 Å². The molecule has 0 aliphatic heterocycles. The SMILES string of the molecule is Cc1sc2nc(COC(=O)c3cc(-c4ccccc4)n[nH]3)[nH]c(=O)c2c1C. The van der Waals surface area contributed by atoms with Gasteiger partial charge in [-0.3, -0.25) is 9.89 Å². The number of rotatable bonds is 4. The maximum Gasteiger partial charge on any atom is 0.356 e. The molecule has 0 saturated heterocycles. The first kappa shape index (κ1) is 17.2. The van der Waals surface area contributed by atoms with E-state index in [9.17, 15) is 9.59 Å². The second-order valence-electron chi connectivity index (χ2n) is 6.09. The third-order valence-corrected chi connectivity index (χ3v) is 5.40. The van der Waals surface area contributed by atoms with Crippen molar-refractivity contribution in [2.24, 2.45) is 0 Å². The molecular formula is C19H16N4O3S. The van der Waals surface area contributed by atoms with Crippen LogP contribution in [0.15, 0.2) is 41.2 Å². The molecule has 8 heteroatoms. The van der Waals surface area contributed by atoms with Gasteiger partial charge in [0.2, 0.25) is 0 Å². The van der Waals surface area contributed by atoms with Gasteiger partial charge in [-0.15, -0.1) is 11.3 Å². The molecule has 0 radical (unpaired) electrons. The van der Waals surface area contributed by atoms with Crippen molar-refractivity contribution in [3.8, 4) is 11.3 Å². The van der Waals surface area contributed by atoms with E-state index in [0.717, 1.165) is 16.0 Å². The molecule has 0 aliphatic rings. The van der Waals surface area contributed by atoms with Crippen LogP contribution in [-0.4, -0.2) is 26.1 Å². The van der Waals surface area contributed by atoms with Crippen LogP contribution in [0.3, 0.4) is 0 Å². The van der Waals surface area contributed by atoms with E-state index in [-0.39, 0.29) is 17.9 Å². The van der Waals surface area contributed by atoms with Crippen molar-refractivity contribution in [3.05, 3.63) is 68.7 Å². The Hall–Kier alpha value is -3.26. The fraction of sp³-hybridized carbons (Fsp3) is 0.158. The summed E-state index contributed by atoms with van der Waals surface area (Å²) in [6.07, 6.45) is 0. The van der Waals surface area contributed by atoms with Crippen LogP contribution < -0.4 is 5.56 Å². The normalized spacial score (nSPS) is 11.0. The molecule has 1 aromatic carbocycles. The molecule has 7 nitrogen and oxygen atoms in total. The fourth-order valence-electron chi connectivity index (χ4n) is 2.76. The van der Waals surface area contributed by atoms with E-state index in [4.69, 9.17) is 4.74 Å². The predicted molar refractivity (Wildman–Crippen MR) is 103 cm³/mol. The Morgan fingerprint density at radius 3 is 2.78 bits per heavy atom. The van der Waals surface area contributed by atoms with E-state index in [1.807, 2.05) is 44.2 Å². The van der Waals surface area contributed by atoms with Crippen molar-refractivity contribution in [3.63, 3.8) is 0 Å². The Balaban J connectivity index is 1.51. The summed E-state index contributed by atoms with van der Waals surface area (Å²) < 4.78 is 5.27. The number of nitrogens with zero attached hydrogens (tertiary/aromatic N) is 2. The summed E-state index contributed by atoms with van der Waals surface area (Å²) in [5, 5.41) is 7.40. The topological polar surface area (TPSA) is 101 Å². The number of carbonyl (C=O) groups is 1.